The van der Waals surface area contributed by atoms with Gasteiger partial charge in [-0.25, -0.2) is 9.78 Å². The highest BCUT2D eigenvalue weighted by atomic mass is 16.6. The Balaban J connectivity index is 1.41. The average molecular weight is 515 g/mol. The number of aromatic nitrogens is 1. The lowest BCUT2D eigenvalue weighted by Gasteiger charge is -2.31. The van der Waals surface area contributed by atoms with Gasteiger partial charge in [0.2, 0.25) is 5.89 Å². The molecule has 0 aliphatic rings. The second kappa shape index (κ2) is 13.0. The van der Waals surface area contributed by atoms with Crippen LogP contribution in [0.15, 0.2) is 89.3 Å². The molecule has 1 unspecified atom stereocenters. The molecule has 3 aromatic carbocycles. The van der Waals surface area contributed by atoms with Crippen molar-refractivity contribution in [1.82, 2.24) is 4.98 Å². The molecule has 38 heavy (non-hydrogen) atoms. The van der Waals surface area contributed by atoms with Crippen molar-refractivity contribution in [2.45, 2.75) is 38.9 Å². The minimum Gasteiger partial charge on any atom is -0.493 e. The molecular weight excluding hydrogens is 480 g/mol. The first-order valence-corrected chi connectivity index (χ1v) is 12.9. The van der Waals surface area contributed by atoms with E-state index in [4.69, 9.17) is 24.4 Å². The Morgan fingerprint density at radius 3 is 2.32 bits per heavy atom. The second-order valence-electron chi connectivity index (χ2n) is 8.87. The predicted molar refractivity (Wildman–Crippen MR) is 146 cm³/mol. The van der Waals surface area contributed by atoms with Crippen LogP contribution in [0.1, 0.15) is 35.9 Å². The first-order valence-electron chi connectivity index (χ1n) is 12.9. The first-order chi connectivity index (χ1) is 18.6. The summed E-state index contributed by atoms with van der Waals surface area (Å²) >= 11 is 0. The van der Waals surface area contributed by atoms with Crippen molar-refractivity contribution in [1.29, 1.82) is 0 Å². The number of nitrogens with zero attached hydrogens (tertiary/aromatic N) is 1. The Morgan fingerprint density at radius 1 is 0.974 bits per heavy atom. The molecule has 0 fully saturated rings. The number of esters is 1. The summed E-state index contributed by atoms with van der Waals surface area (Å²) in [6, 6.07) is 26.7. The molecule has 0 saturated heterocycles. The van der Waals surface area contributed by atoms with Crippen LogP contribution in [0, 0.1) is 6.92 Å². The zero-order valence-corrected chi connectivity index (χ0v) is 21.9. The summed E-state index contributed by atoms with van der Waals surface area (Å²) in [5.41, 5.74) is 8.00. The minimum absolute atomic E-state index is 0.160. The maximum atomic E-state index is 13.3. The number of hydrogen-bond donors (Lipinski definition) is 1. The fourth-order valence-electron chi connectivity index (χ4n) is 4.32. The quantitative estimate of drug-likeness (QED) is 0.232. The van der Waals surface area contributed by atoms with Crippen molar-refractivity contribution in [3.8, 4) is 17.2 Å². The third-order valence-electron chi connectivity index (χ3n) is 6.27. The van der Waals surface area contributed by atoms with E-state index in [0.29, 0.717) is 43.3 Å². The van der Waals surface area contributed by atoms with Gasteiger partial charge in [0, 0.05) is 25.0 Å². The highest BCUT2D eigenvalue weighted by Gasteiger charge is 2.42. The van der Waals surface area contributed by atoms with Gasteiger partial charge in [0.15, 0.2) is 5.60 Å². The zero-order valence-electron chi connectivity index (χ0n) is 21.9. The molecule has 2 N–H and O–H groups in total. The van der Waals surface area contributed by atoms with Crippen LogP contribution in [0.2, 0.25) is 0 Å². The normalized spacial score (nSPS) is 12.6. The van der Waals surface area contributed by atoms with Gasteiger partial charge in [0.05, 0.1) is 12.3 Å². The van der Waals surface area contributed by atoms with Gasteiger partial charge in [-0.3, -0.25) is 0 Å². The van der Waals surface area contributed by atoms with E-state index in [-0.39, 0.29) is 13.2 Å². The Hall–Kier alpha value is -3.94. The molecule has 0 radical (unpaired) electrons. The number of hydrogen-bond acceptors (Lipinski definition) is 7. The number of rotatable bonds is 13. The van der Waals surface area contributed by atoms with Crippen molar-refractivity contribution in [2.75, 3.05) is 19.8 Å². The molecule has 1 aromatic heterocycles. The molecule has 0 aliphatic heterocycles. The number of ether oxygens (including phenoxy) is 3. The van der Waals surface area contributed by atoms with E-state index < -0.39 is 11.6 Å². The molecule has 0 aliphatic carbocycles. The molecule has 7 nitrogen and oxygen atoms in total. The lowest BCUT2D eigenvalue weighted by molar-refractivity contribution is -0.176. The second-order valence-corrected chi connectivity index (χ2v) is 8.87. The molecule has 0 bridgehead atoms. The summed E-state index contributed by atoms with van der Waals surface area (Å²) in [5.74, 6) is 1.60. The van der Waals surface area contributed by atoms with E-state index in [1.165, 1.54) is 0 Å². The van der Waals surface area contributed by atoms with Gasteiger partial charge >= 0.3 is 5.97 Å². The van der Waals surface area contributed by atoms with E-state index >= 15 is 0 Å². The molecule has 0 amide bonds. The van der Waals surface area contributed by atoms with Crippen LogP contribution in [-0.2, 0) is 32.9 Å². The van der Waals surface area contributed by atoms with Crippen molar-refractivity contribution in [3.63, 3.8) is 0 Å². The molecule has 1 heterocycles. The van der Waals surface area contributed by atoms with Gasteiger partial charge in [0.25, 0.3) is 0 Å². The Morgan fingerprint density at radius 2 is 1.66 bits per heavy atom. The molecule has 0 saturated carbocycles. The van der Waals surface area contributed by atoms with Crippen LogP contribution in [0.5, 0.6) is 5.75 Å². The number of aryl methyl sites for hydroxylation is 1. The highest BCUT2D eigenvalue weighted by molar-refractivity contribution is 5.81. The van der Waals surface area contributed by atoms with E-state index in [2.05, 4.69) is 4.98 Å². The maximum Gasteiger partial charge on any atom is 0.343 e. The fraction of sp³-hybridized carbons (Fsp3) is 0.290. The third kappa shape index (κ3) is 6.49. The standard InChI is InChI=1S/C31H34N2O5/c1-3-37-31(19-20-32,30(34)36-22-24-10-6-4-7-11-24)26-14-16-27(17-15-26)35-21-18-28-23(2)38-29(33-28)25-12-8-5-9-13-25/h4-17H,3,18-22,32H2,1-2H3. The van der Waals surface area contributed by atoms with Gasteiger partial charge in [-0.2, -0.15) is 0 Å². The number of carbonyl (C=O) groups is 1. The summed E-state index contributed by atoms with van der Waals surface area (Å²) in [4.78, 5) is 18.0. The number of carbonyl (C=O) groups excluding carboxylic acids is 1. The lowest BCUT2D eigenvalue weighted by atomic mass is 9.89. The van der Waals surface area contributed by atoms with Gasteiger partial charge in [-0.1, -0.05) is 60.7 Å². The smallest absolute Gasteiger partial charge is 0.343 e. The number of oxazole rings is 1. The molecule has 198 valence electrons. The number of nitrogens with two attached hydrogens (primary N) is 1. The lowest BCUT2D eigenvalue weighted by Crippen LogP contribution is -2.42. The summed E-state index contributed by atoms with van der Waals surface area (Å²) in [5, 5.41) is 0. The summed E-state index contributed by atoms with van der Waals surface area (Å²) in [7, 11) is 0. The van der Waals surface area contributed by atoms with Crippen molar-refractivity contribution >= 4 is 5.97 Å². The van der Waals surface area contributed by atoms with E-state index in [9.17, 15) is 4.79 Å². The SMILES string of the molecule is CCOC(CCN)(C(=O)OCc1ccccc1)c1ccc(OCCc2nc(-c3ccccc3)oc2C)cc1. The van der Waals surface area contributed by atoms with Gasteiger partial charge < -0.3 is 24.4 Å². The van der Waals surface area contributed by atoms with Crippen LogP contribution in [0.3, 0.4) is 0 Å². The Bertz CT molecular complexity index is 1280. The molecule has 7 heteroatoms. The van der Waals surface area contributed by atoms with E-state index in [1.807, 2.05) is 98.8 Å². The van der Waals surface area contributed by atoms with E-state index in [1.54, 1.807) is 0 Å². The molecule has 4 rings (SSSR count). The molecule has 0 spiro atoms. The van der Waals surface area contributed by atoms with Crippen molar-refractivity contribution < 1.29 is 23.4 Å². The fourth-order valence-corrected chi connectivity index (χ4v) is 4.32. The van der Waals surface area contributed by atoms with Gasteiger partial charge in [0.1, 0.15) is 18.1 Å². The minimum atomic E-state index is -1.29. The predicted octanol–water partition coefficient (Wildman–Crippen LogP) is 5.60. The number of benzene rings is 3. The van der Waals surface area contributed by atoms with Crippen molar-refractivity contribution in [3.05, 3.63) is 108 Å². The Labute approximate surface area is 223 Å². The topological polar surface area (TPSA) is 96.8 Å². The molecule has 4 aromatic rings. The first kappa shape index (κ1) is 27.1. The van der Waals surface area contributed by atoms with Gasteiger partial charge in [-0.15, -0.1) is 0 Å². The van der Waals surface area contributed by atoms with Crippen LogP contribution < -0.4 is 10.5 Å². The van der Waals surface area contributed by atoms with Crippen LogP contribution in [-0.4, -0.2) is 30.7 Å². The zero-order chi connectivity index (χ0) is 26.8. The summed E-state index contributed by atoms with van der Waals surface area (Å²) < 4.78 is 23.5. The average Bonchev–Trinajstić information content (AvgIpc) is 3.33. The van der Waals surface area contributed by atoms with Crippen molar-refractivity contribution in [2.24, 2.45) is 5.73 Å². The summed E-state index contributed by atoms with van der Waals surface area (Å²) in [6.07, 6.45) is 0.898. The monoisotopic (exact) mass is 514 g/mol. The largest absolute Gasteiger partial charge is 0.493 e. The Kier molecular flexibility index (Phi) is 9.30. The van der Waals surface area contributed by atoms with Crippen LogP contribution >= 0.6 is 0 Å². The van der Waals surface area contributed by atoms with E-state index in [0.717, 1.165) is 22.6 Å². The summed E-state index contributed by atoms with van der Waals surface area (Å²) in [6.45, 7) is 4.95. The van der Waals surface area contributed by atoms with Gasteiger partial charge in [-0.05, 0) is 55.8 Å². The molecule has 1 atom stereocenters. The van der Waals surface area contributed by atoms with Crippen LogP contribution in [0.4, 0.5) is 0 Å². The molecular formula is C31H34N2O5. The highest BCUT2D eigenvalue weighted by Crippen LogP contribution is 2.33. The maximum absolute atomic E-state index is 13.3. The van der Waals surface area contributed by atoms with Crippen LogP contribution in [0.25, 0.3) is 11.5 Å². The third-order valence-corrected chi connectivity index (χ3v) is 6.27.